The van der Waals surface area contributed by atoms with Crippen LogP contribution in [0.1, 0.15) is 73.6 Å². The van der Waals surface area contributed by atoms with Crippen molar-refractivity contribution in [1.29, 1.82) is 0 Å². The van der Waals surface area contributed by atoms with E-state index >= 15 is 0 Å². The van der Waals surface area contributed by atoms with Gasteiger partial charge >= 0.3 is 6.09 Å². The Balaban J connectivity index is 1.45. The van der Waals surface area contributed by atoms with Crippen LogP contribution in [0, 0.1) is 0 Å². The molecule has 0 aliphatic carbocycles. The van der Waals surface area contributed by atoms with Crippen molar-refractivity contribution in [2.24, 2.45) is 0 Å². The minimum absolute atomic E-state index is 0.0872. The summed E-state index contributed by atoms with van der Waals surface area (Å²) in [6, 6.07) is 3.95. The summed E-state index contributed by atoms with van der Waals surface area (Å²) in [4.78, 5) is 61.6. The number of alkyl carbamates (subject to hydrolysis) is 1. The van der Waals surface area contributed by atoms with E-state index in [2.05, 4.69) is 16.0 Å². The van der Waals surface area contributed by atoms with Crippen LogP contribution >= 0.6 is 0 Å². The molecule has 33 heavy (non-hydrogen) atoms. The maximum Gasteiger partial charge on any atom is 0.407 e. The number of hydrogen-bond acceptors (Lipinski definition) is 7. The number of rotatable bonds is 8. The Morgan fingerprint density at radius 2 is 1.76 bits per heavy atom. The maximum absolute atomic E-state index is 12.8. The molecule has 2 aliphatic rings. The van der Waals surface area contributed by atoms with Crippen molar-refractivity contribution < 1.29 is 28.7 Å². The Morgan fingerprint density at radius 3 is 2.45 bits per heavy atom. The van der Waals surface area contributed by atoms with Crippen LogP contribution in [0.4, 0.5) is 10.5 Å². The summed E-state index contributed by atoms with van der Waals surface area (Å²) in [6.07, 6.45) is 2.33. The topological polar surface area (TPSA) is 134 Å². The molecule has 1 aromatic rings. The molecule has 3 N–H and O–H groups in total. The fraction of sp³-hybridized carbons (Fsp3) is 0.522. The van der Waals surface area contributed by atoms with Crippen LogP contribution < -0.4 is 16.0 Å². The van der Waals surface area contributed by atoms with Gasteiger partial charge < -0.3 is 15.4 Å². The van der Waals surface area contributed by atoms with E-state index in [-0.39, 0.29) is 24.0 Å². The molecule has 1 aromatic carbocycles. The predicted octanol–water partition coefficient (Wildman–Crippen LogP) is 2.19. The van der Waals surface area contributed by atoms with Gasteiger partial charge in [-0.1, -0.05) is 0 Å². The van der Waals surface area contributed by atoms with Gasteiger partial charge in [-0.2, -0.15) is 0 Å². The first kappa shape index (κ1) is 24.2. The van der Waals surface area contributed by atoms with Crippen molar-refractivity contribution in [1.82, 2.24) is 15.5 Å². The molecule has 0 spiro atoms. The van der Waals surface area contributed by atoms with Crippen molar-refractivity contribution in [2.45, 2.75) is 64.5 Å². The molecular weight excluding hydrogens is 428 g/mol. The average Bonchev–Trinajstić information content (AvgIpc) is 2.96. The highest BCUT2D eigenvalue weighted by Gasteiger charge is 2.44. The highest BCUT2D eigenvalue weighted by atomic mass is 16.6. The summed E-state index contributed by atoms with van der Waals surface area (Å²) in [5, 5.41) is 8.13. The zero-order chi connectivity index (χ0) is 24.2. The molecule has 1 saturated heterocycles. The molecule has 5 amide bonds. The van der Waals surface area contributed by atoms with E-state index < -0.39 is 41.4 Å². The van der Waals surface area contributed by atoms with Gasteiger partial charge in [0.25, 0.3) is 11.8 Å². The van der Waals surface area contributed by atoms with Gasteiger partial charge in [0.15, 0.2) is 0 Å². The third kappa shape index (κ3) is 6.09. The summed E-state index contributed by atoms with van der Waals surface area (Å²) in [5.41, 5.74) is 0.681. The number of benzene rings is 1. The van der Waals surface area contributed by atoms with Crippen LogP contribution in [0.3, 0.4) is 0 Å². The van der Waals surface area contributed by atoms with E-state index in [0.29, 0.717) is 18.8 Å². The zero-order valence-electron chi connectivity index (χ0n) is 19.2. The van der Waals surface area contributed by atoms with E-state index in [9.17, 15) is 24.0 Å². The van der Waals surface area contributed by atoms with Gasteiger partial charge in [0.1, 0.15) is 11.6 Å². The summed E-state index contributed by atoms with van der Waals surface area (Å²) >= 11 is 0. The molecule has 10 nitrogen and oxygen atoms in total. The number of piperidine rings is 1. The largest absolute Gasteiger partial charge is 0.444 e. The number of nitrogens with zero attached hydrogens (tertiary/aromatic N) is 1. The number of hydrogen-bond donors (Lipinski definition) is 3. The van der Waals surface area contributed by atoms with Gasteiger partial charge in [0.05, 0.1) is 11.1 Å². The van der Waals surface area contributed by atoms with Crippen LogP contribution in [0.5, 0.6) is 0 Å². The maximum atomic E-state index is 12.8. The molecule has 2 heterocycles. The fourth-order valence-electron chi connectivity index (χ4n) is 3.75. The smallest absolute Gasteiger partial charge is 0.407 e. The van der Waals surface area contributed by atoms with Crippen molar-refractivity contribution in [3.05, 3.63) is 29.3 Å². The highest BCUT2D eigenvalue weighted by Crippen LogP contribution is 2.29. The Morgan fingerprint density at radius 1 is 1.06 bits per heavy atom. The van der Waals surface area contributed by atoms with Crippen LogP contribution in [-0.2, 0) is 14.3 Å². The number of anilines is 1. The Hall–Kier alpha value is -3.43. The second-order valence-corrected chi connectivity index (χ2v) is 9.12. The van der Waals surface area contributed by atoms with E-state index in [1.54, 1.807) is 18.2 Å². The Kier molecular flexibility index (Phi) is 7.35. The third-order valence-electron chi connectivity index (χ3n) is 5.29. The van der Waals surface area contributed by atoms with Gasteiger partial charge in [-0.15, -0.1) is 0 Å². The van der Waals surface area contributed by atoms with Crippen molar-refractivity contribution in [3.63, 3.8) is 0 Å². The Labute approximate surface area is 192 Å². The predicted molar refractivity (Wildman–Crippen MR) is 120 cm³/mol. The monoisotopic (exact) mass is 458 g/mol. The summed E-state index contributed by atoms with van der Waals surface area (Å²) in [5.74, 6) is -2.07. The first-order chi connectivity index (χ1) is 15.6. The number of nitrogens with one attached hydrogen (secondary N) is 3. The SMILES string of the molecule is CC(C)(C)OC(=O)NCCCCCNc1ccc2c(c1)C(=O)N(C1CCC(=O)NC1=O)C2=O. The van der Waals surface area contributed by atoms with E-state index in [0.717, 1.165) is 24.2 Å². The lowest BCUT2D eigenvalue weighted by Crippen LogP contribution is -2.54. The number of fused-ring (bicyclic) bond motifs is 1. The molecule has 10 heteroatoms. The summed E-state index contributed by atoms with van der Waals surface area (Å²) in [6.45, 7) is 6.62. The molecule has 1 unspecified atom stereocenters. The number of amides is 5. The van der Waals surface area contributed by atoms with Gasteiger partial charge in [-0.3, -0.25) is 29.4 Å². The van der Waals surface area contributed by atoms with Gasteiger partial charge in [-0.05, 0) is 64.7 Å². The zero-order valence-corrected chi connectivity index (χ0v) is 19.2. The fourth-order valence-corrected chi connectivity index (χ4v) is 3.75. The van der Waals surface area contributed by atoms with Gasteiger partial charge in [0, 0.05) is 25.2 Å². The minimum atomic E-state index is -0.971. The number of imide groups is 2. The third-order valence-corrected chi connectivity index (χ3v) is 5.29. The molecule has 0 bridgehead atoms. The van der Waals surface area contributed by atoms with Crippen LogP contribution in [0.25, 0.3) is 0 Å². The first-order valence-electron chi connectivity index (χ1n) is 11.1. The second kappa shape index (κ2) is 10.0. The standard InChI is InChI=1S/C23H30N4O6/c1-23(2,3)33-22(32)25-12-6-4-5-11-24-14-7-8-15-16(13-14)21(31)27(20(15)30)17-9-10-18(28)26-19(17)29/h7-8,13,17,24H,4-6,9-12H2,1-3H3,(H,25,32)(H,26,28,29). The molecule has 0 radical (unpaired) electrons. The lowest BCUT2D eigenvalue weighted by atomic mass is 10.0. The van der Waals surface area contributed by atoms with Crippen LogP contribution in [0.2, 0.25) is 0 Å². The molecule has 1 atom stereocenters. The van der Waals surface area contributed by atoms with Gasteiger partial charge in [0.2, 0.25) is 11.8 Å². The molecule has 3 rings (SSSR count). The molecule has 0 saturated carbocycles. The number of ether oxygens (including phenoxy) is 1. The molecule has 2 aliphatic heterocycles. The number of carbonyl (C=O) groups excluding carboxylic acids is 5. The number of unbranched alkanes of at least 4 members (excludes halogenated alkanes) is 2. The van der Waals surface area contributed by atoms with Crippen LogP contribution in [0.15, 0.2) is 18.2 Å². The van der Waals surface area contributed by atoms with Gasteiger partial charge in [-0.25, -0.2) is 4.79 Å². The van der Waals surface area contributed by atoms with Crippen molar-refractivity contribution in [3.8, 4) is 0 Å². The molecular formula is C23H30N4O6. The molecule has 178 valence electrons. The normalized spacial score (nSPS) is 18.2. The first-order valence-corrected chi connectivity index (χ1v) is 11.1. The lowest BCUT2D eigenvalue weighted by Gasteiger charge is -2.27. The van der Waals surface area contributed by atoms with E-state index in [4.69, 9.17) is 4.74 Å². The van der Waals surface area contributed by atoms with Crippen molar-refractivity contribution in [2.75, 3.05) is 18.4 Å². The van der Waals surface area contributed by atoms with E-state index in [1.165, 1.54) is 0 Å². The Bertz CT molecular complexity index is 968. The second-order valence-electron chi connectivity index (χ2n) is 9.12. The average molecular weight is 459 g/mol. The molecule has 0 aromatic heterocycles. The summed E-state index contributed by atoms with van der Waals surface area (Å²) in [7, 11) is 0. The lowest BCUT2D eigenvalue weighted by molar-refractivity contribution is -0.136. The minimum Gasteiger partial charge on any atom is -0.444 e. The van der Waals surface area contributed by atoms with Crippen molar-refractivity contribution >= 4 is 35.4 Å². The highest BCUT2D eigenvalue weighted by molar-refractivity contribution is 6.23. The quantitative estimate of drug-likeness (QED) is 0.402. The van der Waals surface area contributed by atoms with E-state index in [1.807, 2.05) is 20.8 Å². The molecule has 1 fully saturated rings. The van der Waals surface area contributed by atoms with Crippen LogP contribution in [-0.4, -0.2) is 59.4 Å². The summed E-state index contributed by atoms with van der Waals surface area (Å²) < 4.78 is 5.18. The number of carbonyl (C=O) groups is 5.